The fourth-order valence-corrected chi connectivity index (χ4v) is 1.88. The summed E-state index contributed by atoms with van der Waals surface area (Å²) in [5.74, 6) is 0.566. The third-order valence-electron chi connectivity index (χ3n) is 3.40. The van der Waals surface area contributed by atoms with Crippen LogP contribution in [0, 0.1) is 11.3 Å². The lowest BCUT2D eigenvalue weighted by Crippen LogP contribution is -2.25. The van der Waals surface area contributed by atoms with E-state index < -0.39 is 6.03 Å². The Morgan fingerprint density at radius 1 is 1.80 bits per heavy atom. The Kier molecular flexibility index (Phi) is 3.50. The molecule has 0 aromatic rings. The van der Waals surface area contributed by atoms with E-state index in [2.05, 4.69) is 37.4 Å². The normalized spacial score (nSPS) is 24.2. The van der Waals surface area contributed by atoms with Crippen molar-refractivity contribution < 1.29 is 4.79 Å². The van der Waals surface area contributed by atoms with Crippen LogP contribution in [0.25, 0.3) is 0 Å². The molecule has 2 amide bonds. The highest BCUT2D eigenvalue weighted by Gasteiger charge is 2.33. The molecule has 0 aromatic heterocycles. The zero-order valence-corrected chi connectivity index (χ0v) is 9.58. The molecule has 1 atom stereocenters. The first-order chi connectivity index (χ1) is 6.94. The first kappa shape index (κ1) is 11.8. The molecule has 0 radical (unpaired) electrons. The first-order valence-corrected chi connectivity index (χ1v) is 5.18. The van der Waals surface area contributed by atoms with E-state index in [-0.39, 0.29) is 5.41 Å². The van der Waals surface area contributed by atoms with Crippen molar-refractivity contribution in [2.75, 3.05) is 0 Å². The number of rotatable bonds is 3. The summed E-state index contributed by atoms with van der Waals surface area (Å²) >= 11 is 0. The number of nitrogens with one attached hydrogen (secondary N) is 1. The Morgan fingerprint density at radius 3 is 2.93 bits per heavy atom. The van der Waals surface area contributed by atoms with Crippen LogP contribution >= 0.6 is 0 Å². The molecule has 15 heavy (non-hydrogen) atoms. The van der Waals surface area contributed by atoms with Crippen LogP contribution in [0.3, 0.4) is 0 Å². The highest BCUT2D eigenvalue weighted by Crippen LogP contribution is 2.44. The van der Waals surface area contributed by atoms with Crippen LogP contribution < -0.4 is 11.2 Å². The summed E-state index contributed by atoms with van der Waals surface area (Å²) < 4.78 is 0. The van der Waals surface area contributed by atoms with Crippen LogP contribution in [-0.4, -0.2) is 12.2 Å². The lowest BCUT2D eigenvalue weighted by Gasteiger charge is -2.28. The summed E-state index contributed by atoms with van der Waals surface area (Å²) in [6.45, 7) is 6.65. The van der Waals surface area contributed by atoms with Crippen LogP contribution in [-0.2, 0) is 0 Å². The third kappa shape index (κ3) is 2.81. The minimum atomic E-state index is -0.619. The summed E-state index contributed by atoms with van der Waals surface area (Å²) in [5, 5.41) is 3.75. The SMILES string of the molecule is CC1=CC[C@@H](C/C=N/NC(N)=O)C1(C)C. The molecule has 0 spiro atoms. The van der Waals surface area contributed by atoms with E-state index in [4.69, 9.17) is 5.73 Å². The highest BCUT2D eigenvalue weighted by atomic mass is 16.2. The Hall–Kier alpha value is -1.32. The zero-order valence-electron chi connectivity index (χ0n) is 9.58. The first-order valence-electron chi connectivity index (χ1n) is 5.18. The maximum absolute atomic E-state index is 10.4. The monoisotopic (exact) mass is 209 g/mol. The number of hydrogen-bond donors (Lipinski definition) is 2. The van der Waals surface area contributed by atoms with Crippen LogP contribution in [0.1, 0.15) is 33.6 Å². The van der Waals surface area contributed by atoms with E-state index in [1.54, 1.807) is 6.21 Å². The molecule has 1 aliphatic rings. The predicted molar refractivity (Wildman–Crippen MR) is 61.5 cm³/mol. The molecule has 0 aliphatic heterocycles. The number of urea groups is 1. The topological polar surface area (TPSA) is 67.5 Å². The van der Waals surface area contributed by atoms with Crippen molar-refractivity contribution in [1.29, 1.82) is 0 Å². The van der Waals surface area contributed by atoms with Crippen molar-refractivity contribution in [2.24, 2.45) is 22.2 Å². The van der Waals surface area contributed by atoms with Crippen LogP contribution in [0.5, 0.6) is 0 Å². The number of primary amides is 1. The molecule has 0 saturated heterocycles. The second kappa shape index (κ2) is 4.47. The molecule has 0 fully saturated rings. The van der Waals surface area contributed by atoms with E-state index in [0.29, 0.717) is 5.92 Å². The summed E-state index contributed by atoms with van der Waals surface area (Å²) in [5.41, 5.74) is 8.76. The molecule has 0 aromatic carbocycles. The number of carbonyl (C=O) groups excluding carboxylic acids is 1. The van der Waals surface area contributed by atoms with Gasteiger partial charge in [-0.3, -0.25) is 0 Å². The average molecular weight is 209 g/mol. The summed E-state index contributed by atoms with van der Waals surface area (Å²) in [6.07, 6.45) is 5.95. The van der Waals surface area contributed by atoms with Gasteiger partial charge in [-0.05, 0) is 31.1 Å². The highest BCUT2D eigenvalue weighted by molar-refractivity contribution is 5.72. The van der Waals surface area contributed by atoms with E-state index in [0.717, 1.165) is 12.8 Å². The maximum Gasteiger partial charge on any atom is 0.332 e. The smallest absolute Gasteiger partial charge is 0.332 e. The minimum absolute atomic E-state index is 0.235. The van der Waals surface area contributed by atoms with Gasteiger partial charge >= 0.3 is 6.03 Å². The molecule has 0 unspecified atom stereocenters. The third-order valence-corrected chi connectivity index (χ3v) is 3.40. The van der Waals surface area contributed by atoms with Gasteiger partial charge in [-0.1, -0.05) is 25.5 Å². The maximum atomic E-state index is 10.4. The number of allylic oxidation sites excluding steroid dienone is 2. The van der Waals surface area contributed by atoms with Gasteiger partial charge in [-0.2, -0.15) is 5.10 Å². The molecule has 84 valence electrons. The van der Waals surface area contributed by atoms with Crippen molar-refractivity contribution in [3.05, 3.63) is 11.6 Å². The van der Waals surface area contributed by atoms with Gasteiger partial charge in [0.15, 0.2) is 0 Å². The summed E-state index contributed by atoms with van der Waals surface area (Å²) in [6, 6.07) is -0.619. The molecule has 1 rings (SSSR count). The molecular weight excluding hydrogens is 190 g/mol. The van der Waals surface area contributed by atoms with Crippen molar-refractivity contribution in [3.63, 3.8) is 0 Å². The molecular formula is C11H19N3O. The standard InChI is InChI=1S/C11H19N3O/c1-8-4-5-9(11(8,2)3)6-7-13-14-10(12)15/h4,7,9H,5-6H2,1-3H3,(H3,12,14,15)/b13-7+/t9-/m0/s1. The lowest BCUT2D eigenvalue weighted by atomic mass is 9.76. The molecule has 4 nitrogen and oxygen atoms in total. The van der Waals surface area contributed by atoms with Gasteiger partial charge in [0.25, 0.3) is 0 Å². The van der Waals surface area contributed by atoms with Crippen molar-refractivity contribution in [2.45, 2.75) is 33.6 Å². The predicted octanol–water partition coefficient (Wildman–Crippen LogP) is 2.02. The Labute approximate surface area is 90.6 Å². The largest absolute Gasteiger partial charge is 0.350 e. The average Bonchev–Trinajstić information content (AvgIpc) is 2.38. The van der Waals surface area contributed by atoms with E-state index >= 15 is 0 Å². The molecule has 0 saturated carbocycles. The van der Waals surface area contributed by atoms with Gasteiger partial charge in [0.05, 0.1) is 0 Å². The van der Waals surface area contributed by atoms with Gasteiger partial charge in [-0.15, -0.1) is 0 Å². The number of hydrazone groups is 1. The lowest BCUT2D eigenvalue weighted by molar-refractivity contribution is 0.249. The van der Waals surface area contributed by atoms with E-state index in [1.807, 2.05) is 0 Å². The zero-order chi connectivity index (χ0) is 11.5. The molecule has 0 bridgehead atoms. The van der Waals surface area contributed by atoms with Crippen molar-refractivity contribution in [3.8, 4) is 0 Å². The fourth-order valence-electron chi connectivity index (χ4n) is 1.88. The van der Waals surface area contributed by atoms with Crippen LogP contribution in [0.4, 0.5) is 4.79 Å². The molecule has 1 aliphatic carbocycles. The van der Waals surface area contributed by atoms with Gasteiger partial charge in [-0.25, -0.2) is 10.2 Å². The quantitative estimate of drug-likeness (QED) is 0.417. The molecule has 3 N–H and O–H groups in total. The molecule has 4 heteroatoms. The van der Waals surface area contributed by atoms with E-state index in [9.17, 15) is 4.79 Å². The fraction of sp³-hybridized carbons (Fsp3) is 0.636. The summed E-state index contributed by atoms with van der Waals surface area (Å²) in [4.78, 5) is 10.4. The number of nitrogens with two attached hydrogens (primary N) is 1. The second-order valence-electron chi connectivity index (χ2n) is 4.56. The Balaban J connectivity index is 2.42. The van der Waals surface area contributed by atoms with Gasteiger partial charge in [0, 0.05) is 6.21 Å². The van der Waals surface area contributed by atoms with Crippen LogP contribution in [0.2, 0.25) is 0 Å². The summed E-state index contributed by atoms with van der Waals surface area (Å²) in [7, 11) is 0. The number of carbonyl (C=O) groups is 1. The number of amides is 2. The van der Waals surface area contributed by atoms with Gasteiger partial charge in [0.2, 0.25) is 0 Å². The van der Waals surface area contributed by atoms with Crippen LogP contribution in [0.15, 0.2) is 16.8 Å². The number of nitrogens with zero attached hydrogens (tertiary/aromatic N) is 1. The van der Waals surface area contributed by atoms with Crippen molar-refractivity contribution in [1.82, 2.24) is 5.43 Å². The van der Waals surface area contributed by atoms with Gasteiger partial charge in [0.1, 0.15) is 0 Å². The minimum Gasteiger partial charge on any atom is -0.350 e. The van der Waals surface area contributed by atoms with Crippen molar-refractivity contribution >= 4 is 12.2 Å². The number of hydrogen-bond acceptors (Lipinski definition) is 2. The van der Waals surface area contributed by atoms with Gasteiger partial charge < -0.3 is 5.73 Å². The van der Waals surface area contributed by atoms with E-state index in [1.165, 1.54) is 5.57 Å². The Morgan fingerprint density at radius 2 is 2.47 bits per heavy atom. The Bertz CT molecular complexity index is 305. The molecule has 0 heterocycles. The second-order valence-corrected chi connectivity index (χ2v) is 4.56.